The van der Waals surface area contributed by atoms with E-state index in [1.54, 1.807) is 12.3 Å². The number of amides is 1. The summed E-state index contributed by atoms with van der Waals surface area (Å²) in [6.45, 7) is 2.12. The van der Waals surface area contributed by atoms with Gasteiger partial charge in [0.25, 0.3) is 5.91 Å². The number of carbonyl (C=O) groups is 1. The largest absolute Gasteiger partial charge is 0.322 e. The molecule has 0 spiro atoms. The van der Waals surface area contributed by atoms with Gasteiger partial charge in [0.2, 0.25) is 0 Å². The van der Waals surface area contributed by atoms with E-state index in [2.05, 4.69) is 27.1 Å². The van der Waals surface area contributed by atoms with Gasteiger partial charge in [-0.3, -0.25) is 4.79 Å². The monoisotopic (exact) mass is 268 g/mol. The Labute approximate surface area is 117 Å². The molecule has 1 N–H and O–H groups in total. The Kier molecular flexibility index (Phi) is 2.42. The lowest BCUT2D eigenvalue weighted by Crippen LogP contribution is -2.31. The van der Waals surface area contributed by atoms with Crippen molar-refractivity contribution in [2.45, 2.75) is 32.2 Å². The first-order chi connectivity index (χ1) is 9.75. The van der Waals surface area contributed by atoms with Gasteiger partial charge in [-0.05, 0) is 31.4 Å². The number of rotatable bonds is 1. The first-order valence-corrected chi connectivity index (χ1v) is 7.08. The van der Waals surface area contributed by atoms with Gasteiger partial charge in [-0.1, -0.05) is 6.92 Å². The van der Waals surface area contributed by atoms with Crippen molar-refractivity contribution in [3.05, 3.63) is 35.4 Å². The SMILES string of the molecule is C[C@@H]1CC=NC2=C1NC(=O)c1cccnc1N2C1CC1. The maximum atomic E-state index is 12.4. The van der Waals surface area contributed by atoms with Crippen molar-refractivity contribution >= 4 is 17.9 Å². The number of fused-ring (bicyclic) bond motifs is 1. The summed E-state index contributed by atoms with van der Waals surface area (Å²) in [6.07, 6.45) is 6.80. The molecule has 0 radical (unpaired) electrons. The van der Waals surface area contributed by atoms with E-state index in [1.807, 2.05) is 12.3 Å². The quantitative estimate of drug-likeness (QED) is 0.848. The molecule has 3 heterocycles. The summed E-state index contributed by atoms with van der Waals surface area (Å²) in [4.78, 5) is 23.6. The third-order valence-corrected chi connectivity index (χ3v) is 4.05. The summed E-state index contributed by atoms with van der Waals surface area (Å²) in [6, 6.07) is 4.06. The first-order valence-electron chi connectivity index (χ1n) is 7.08. The van der Waals surface area contributed by atoms with Crippen molar-refractivity contribution in [1.82, 2.24) is 10.3 Å². The number of anilines is 1. The number of carbonyl (C=O) groups excluding carboxylic acids is 1. The Morgan fingerprint density at radius 2 is 2.25 bits per heavy atom. The second-order valence-electron chi connectivity index (χ2n) is 5.62. The van der Waals surface area contributed by atoms with Gasteiger partial charge in [-0.25, -0.2) is 9.98 Å². The number of nitrogens with zero attached hydrogens (tertiary/aromatic N) is 3. The van der Waals surface area contributed by atoms with Gasteiger partial charge in [0.05, 0.1) is 11.3 Å². The smallest absolute Gasteiger partial charge is 0.259 e. The van der Waals surface area contributed by atoms with Crippen LogP contribution in [0.1, 0.15) is 36.5 Å². The molecule has 0 saturated heterocycles. The molecular weight excluding hydrogens is 252 g/mol. The number of nitrogens with one attached hydrogen (secondary N) is 1. The molecule has 5 nitrogen and oxygen atoms in total. The van der Waals surface area contributed by atoms with Crippen molar-refractivity contribution in [2.24, 2.45) is 10.9 Å². The van der Waals surface area contributed by atoms with Crippen LogP contribution in [0.5, 0.6) is 0 Å². The topological polar surface area (TPSA) is 57.6 Å². The van der Waals surface area contributed by atoms with Crippen molar-refractivity contribution in [1.29, 1.82) is 0 Å². The Morgan fingerprint density at radius 1 is 1.40 bits per heavy atom. The summed E-state index contributed by atoms with van der Waals surface area (Å²) in [5, 5.41) is 3.04. The molecule has 1 atom stereocenters. The second-order valence-corrected chi connectivity index (χ2v) is 5.62. The van der Waals surface area contributed by atoms with E-state index in [0.29, 0.717) is 11.6 Å². The Balaban J connectivity index is 1.93. The van der Waals surface area contributed by atoms with Crippen LogP contribution in [0, 0.1) is 5.92 Å². The zero-order valence-corrected chi connectivity index (χ0v) is 11.3. The second kappa shape index (κ2) is 4.16. The van der Waals surface area contributed by atoms with Gasteiger partial charge in [0.1, 0.15) is 5.82 Å². The number of pyridine rings is 1. The predicted molar refractivity (Wildman–Crippen MR) is 76.5 cm³/mol. The van der Waals surface area contributed by atoms with E-state index < -0.39 is 0 Å². The highest BCUT2D eigenvalue weighted by Crippen LogP contribution is 2.40. The highest BCUT2D eigenvalue weighted by molar-refractivity contribution is 6.01. The number of hydrogen-bond donors (Lipinski definition) is 1. The van der Waals surface area contributed by atoms with Crippen LogP contribution < -0.4 is 10.2 Å². The molecule has 0 unspecified atom stereocenters. The number of allylic oxidation sites excluding steroid dienone is 1. The molecule has 5 heteroatoms. The maximum Gasteiger partial charge on any atom is 0.259 e. The van der Waals surface area contributed by atoms with E-state index in [1.165, 1.54) is 0 Å². The highest BCUT2D eigenvalue weighted by atomic mass is 16.1. The minimum Gasteiger partial charge on any atom is -0.322 e. The molecule has 102 valence electrons. The standard InChI is InChI=1S/C15H16N4O/c1-9-6-8-17-14-12(9)18-15(20)11-3-2-7-16-13(11)19(14)10-4-5-10/h2-3,7-10H,4-6H2,1H3,(H,18,20)/t9-/m1/s1. The van der Waals surface area contributed by atoms with E-state index in [-0.39, 0.29) is 11.8 Å². The van der Waals surface area contributed by atoms with Crippen molar-refractivity contribution < 1.29 is 4.79 Å². The third-order valence-electron chi connectivity index (χ3n) is 4.05. The Bertz CT molecular complexity index is 645. The average Bonchev–Trinajstić information content (AvgIpc) is 3.27. The lowest BCUT2D eigenvalue weighted by Gasteiger charge is -2.28. The van der Waals surface area contributed by atoms with Crippen LogP contribution in [0.2, 0.25) is 0 Å². The van der Waals surface area contributed by atoms with Gasteiger partial charge >= 0.3 is 0 Å². The van der Waals surface area contributed by atoms with Gasteiger partial charge in [0.15, 0.2) is 5.82 Å². The molecular formula is C15H16N4O. The maximum absolute atomic E-state index is 12.4. The van der Waals surface area contributed by atoms with E-state index >= 15 is 0 Å². The van der Waals surface area contributed by atoms with Gasteiger partial charge < -0.3 is 10.2 Å². The van der Waals surface area contributed by atoms with Gasteiger partial charge in [0, 0.05) is 24.4 Å². The van der Waals surface area contributed by atoms with Crippen molar-refractivity contribution in [3.8, 4) is 0 Å². The minimum atomic E-state index is -0.0762. The Hall–Kier alpha value is -2.17. The van der Waals surface area contributed by atoms with Crippen LogP contribution in [0.15, 0.2) is 34.8 Å². The average molecular weight is 268 g/mol. The van der Waals surface area contributed by atoms with Crippen LogP contribution in [-0.2, 0) is 0 Å². The summed E-state index contributed by atoms with van der Waals surface area (Å²) in [5.74, 6) is 1.82. The summed E-state index contributed by atoms with van der Waals surface area (Å²) in [5.41, 5.74) is 1.57. The normalized spacial score (nSPS) is 24.9. The van der Waals surface area contributed by atoms with Crippen molar-refractivity contribution in [3.63, 3.8) is 0 Å². The van der Waals surface area contributed by atoms with Crippen LogP contribution in [0.4, 0.5) is 5.82 Å². The minimum absolute atomic E-state index is 0.0762. The number of aromatic nitrogens is 1. The molecule has 1 aromatic heterocycles. The molecule has 20 heavy (non-hydrogen) atoms. The van der Waals surface area contributed by atoms with Gasteiger partial charge in [-0.15, -0.1) is 0 Å². The lowest BCUT2D eigenvalue weighted by atomic mass is 10.0. The molecule has 1 amide bonds. The predicted octanol–water partition coefficient (Wildman–Crippen LogP) is 2.07. The molecule has 0 aromatic carbocycles. The summed E-state index contributed by atoms with van der Waals surface area (Å²) < 4.78 is 0. The van der Waals surface area contributed by atoms with Crippen LogP contribution in [0.25, 0.3) is 0 Å². The summed E-state index contributed by atoms with van der Waals surface area (Å²) in [7, 11) is 0. The Morgan fingerprint density at radius 3 is 3.05 bits per heavy atom. The van der Waals surface area contributed by atoms with Gasteiger partial charge in [-0.2, -0.15) is 0 Å². The third kappa shape index (κ3) is 1.66. The molecule has 1 aromatic rings. The van der Waals surface area contributed by atoms with Crippen LogP contribution in [-0.4, -0.2) is 23.1 Å². The van der Waals surface area contributed by atoms with Crippen LogP contribution in [0.3, 0.4) is 0 Å². The summed E-state index contributed by atoms with van der Waals surface area (Å²) >= 11 is 0. The molecule has 3 aliphatic rings. The van der Waals surface area contributed by atoms with E-state index in [9.17, 15) is 4.79 Å². The number of hydrogen-bond acceptors (Lipinski definition) is 4. The first kappa shape index (κ1) is 11.6. The van der Waals surface area contributed by atoms with E-state index in [0.717, 1.165) is 36.6 Å². The van der Waals surface area contributed by atoms with Crippen LogP contribution >= 0.6 is 0 Å². The zero-order valence-electron chi connectivity index (χ0n) is 11.3. The molecule has 2 aliphatic heterocycles. The number of aliphatic imine (C=N–C) groups is 1. The lowest BCUT2D eigenvalue weighted by molar-refractivity contribution is 0.0963. The molecule has 1 aliphatic carbocycles. The fraction of sp³-hybridized carbons (Fsp3) is 0.400. The molecule has 0 bridgehead atoms. The van der Waals surface area contributed by atoms with E-state index in [4.69, 9.17) is 0 Å². The molecule has 1 saturated carbocycles. The fourth-order valence-corrected chi connectivity index (χ4v) is 2.81. The highest BCUT2D eigenvalue weighted by Gasteiger charge is 2.39. The van der Waals surface area contributed by atoms with Crippen molar-refractivity contribution in [2.75, 3.05) is 4.90 Å². The molecule has 1 fully saturated rings. The fourth-order valence-electron chi connectivity index (χ4n) is 2.81. The zero-order chi connectivity index (χ0) is 13.7. The molecule has 4 rings (SSSR count).